The van der Waals surface area contributed by atoms with E-state index in [1.807, 2.05) is 43.3 Å². The lowest BCUT2D eigenvalue weighted by atomic mass is 9.98. The molecule has 0 heterocycles. The standard InChI is InChI=1S/C28H29NO4/c1-18(2)19-11-13-20(14-12-19)27(31)26(30)15-16-29-28(32)33-17-25-23-9-5-3-7-21(23)22-8-4-6-10-24(22)25/h3-14,25-27,30-31H,1,15-17H2,2H3,(H,29,32). The molecule has 0 bridgehead atoms. The molecule has 0 aliphatic heterocycles. The van der Waals surface area contributed by atoms with Gasteiger partial charge < -0.3 is 20.3 Å². The zero-order valence-corrected chi connectivity index (χ0v) is 18.7. The molecule has 2 unspecified atom stereocenters. The molecule has 0 saturated carbocycles. The maximum atomic E-state index is 12.3. The number of aliphatic hydroxyl groups is 2. The second-order valence-electron chi connectivity index (χ2n) is 8.46. The molecule has 0 radical (unpaired) electrons. The molecule has 0 saturated heterocycles. The molecule has 0 spiro atoms. The SMILES string of the molecule is C=C(C)c1ccc(C(O)C(O)CCNC(=O)OCC2c3ccccc3-c3ccccc32)cc1. The summed E-state index contributed by atoms with van der Waals surface area (Å²) in [6.45, 7) is 6.23. The summed E-state index contributed by atoms with van der Waals surface area (Å²) >= 11 is 0. The van der Waals surface area contributed by atoms with Gasteiger partial charge in [0.25, 0.3) is 0 Å². The number of carbonyl (C=O) groups excluding carboxylic acids is 1. The second-order valence-corrected chi connectivity index (χ2v) is 8.46. The van der Waals surface area contributed by atoms with Crippen molar-refractivity contribution in [1.29, 1.82) is 0 Å². The van der Waals surface area contributed by atoms with Gasteiger partial charge in [0.1, 0.15) is 12.7 Å². The third kappa shape index (κ3) is 5.00. The van der Waals surface area contributed by atoms with Crippen LogP contribution in [0.5, 0.6) is 0 Å². The molecule has 2 atom stereocenters. The zero-order valence-electron chi connectivity index (χ0n) is 18.7. The predicted molar refractivity (Wildman–Crippen MR) is 130 cm³/mol. The van der Waals surface area contributed by atoms with E-state index in [1.54, 1.807) is 12.1 Å². The molecule has 3 N–H and O–H groups in total. The van der Waals surface area contributed by atoms with Crippen molar-refractivity contribution < 1.29 is 19.7 Å². The molecule has 0 fully saturated rings. The van der Waals surface area contributed by atoms with Crippen LogP contribution in [0.25, 0.3) is 16.7 Å². The highest BCUT2D eigenvalue weighted by atomic mass is 16.5. The van der Waals surface area contributed by atoms with Crippen LogP contribution in [0.15, 0.2) is 79.4 Å². The summed E-state index contributed by atoms with van der Waals surface area (Å²) < 4.78 is 5.50. The van der Waals surface area contributed by atoms with E-state index in [-0.39, 0.29) is 25.5 Å². The lowest BCUT2D eigenvalue weighted by Gasteiger charge is -2.19. The van der Waals surface area contributed by atoms with Gasteiger partial charge in [0.2, 0.25) is 0 Å². The van der Waals surface area contributed by atoms with E-state index in [0.717, 1.165) is 22.3 Å². The van der Waals surface area contributed by atoms with Crippen LogP contribution in [0.3, 0.4) is 0 Å². The molecule has 170 valence electrons. The van der Waals surface area contributed by atoms with Gasteiger partial charge in [-0.3, -0.25) is 0 Å². The Morgan fingerprint density at radius 2 is 1.55 bits per heavy atom. The third-order valence-corrected chi connectivity index (χ3v) is 6.16. The molecule has 5 nitrogen and oxygen atoms in total. The largest absolute Gasteiger partial charge is 0.449 e. The number of benzene rings is 3. The number of alkyl carbamates (subject to hydrolysis) is 1. The first-order valence-electron chi connectivity index (χ1n) is 11.2. The van der Waals surface area contributed by atoms with Gasteiger partial charge in [-0.25, -0.2) is 4.79 Å². The molecule has 0 aromatic heterocycles. The zero-order chi connectivity index (χ0) is 23.4. The molecule has 1 aliphatic carbocycles. The van der Waals surface area contributed by atoms with Crippen molar-refractivity contribution >= 4 is 11.7 Å². The Morgan fingerprint density at radius 1 is 0.970 bits per heavy atom. The van der Waals surface area contributed by atoms with Crippen LogP contribution in [0.4, 0.5) is 4.79 Å². The third-order valence-electron chi connectivity index (χ3n) is 6.16. The minimum Gasteiger partial charge on any atom is -0.449 e. The van der Waals surface area contributed by atoms with E-state index in [9.17, 15) is 15.0 Å². The monoisotopic (exact) mass is 443 g/mol. The van der Waals surface area contributed by atoms with Gasteiger partial charge in [0.15, 0.2) is 0 Å². The Kier molecular flexibility index (Phi) is 6.92. The van der Waals surface area contributed by atoms with Gasteiger partial charge >= 0.3 is 6.09 Å². The number of fused-ring (bicyclic) bond motifs is 3. The van der Waals surface area contributed by atoms with E-state index in [1.165, 1.54) is 11.1 Å². The summed E-state index contributed by atoms with van der Waals surface area (Å²) in [7, 11) is 0. The molecule has 1 amide bonds. The quantitative estimate of drug-likeness (QED) is 0.456. The summed E-state index contributed by atoms with van der Waals surface area (Å²) in [6.07, 6.45) is -2.37. The van der Waals surface area contributed by atoms with Gasteiger partial charge in [0.05, 0.1) is 6.10 Å². The van der Waals surface area contributed by atoms with Gasteiger partial charge in [0, 0.05) is 12.5 Å². The van der Waals surface area contributed by atoms with E-state index in [2.05, 4.69) is 36.2 Å². The second kappa shape index (κ2) is 10.0. The number of rotatable bonds is 8. The Labute approximate surface area is 194 Å². The Bertz CT molecular complexity index is 1090. The van der Waals surface area contributed by atoms with Crippen molar-refractivity contribution in [3.8, 4) is 11.1 Å². The number of carbonyl (C=O) groups is 1. The fourth-order valence-electron chi connectivity index (χ4n) is 4.32. The first kappa shape index (κ1) is 22.8. The van der Waals surface area contributed by atoms with Gasteiger partial charge in [-0.05, 0) is 46.7 Å². The van der Waals surface area contributed by atoms with Crippen LogP contribution in [0.1, 0.15) is 47.6 Å². The van der Waals surface area contributed by atoms with Gasteiger partial charge in [-0.15, -0.1) is 0 Å². The van der Waals surface area contributed by atoms with Crippen LogP contribution in [-0.4, -0.2) is 35.6 Å². The topological polar surface area (TPSA) is 78.8 Å². The molecule has 3 aromatic carbocycles. The number of aliphatic hydroxyl groups excluding tert-OH is 2. The molecule has 5 heteroatoms. The number of hydrogen-bond donors (Lipinski definition) is 3. The Balaban J connectivity index is 1.27. The van der Waals surface area contributed by atoms with E-state index in [4.69, 9.17) is 4.74 Å². The van der Waals surface area contributed by atoms with E-state index >= 15 is 0 Å². The Morgan fingerprint density at radius 3 is 2.12 bits per heavy atom. The molecular formula is C28H29NO4. The molecular weight excluding hydrogens is 414 g/mol. The fraction of sp³-hybridized carbons (Fsp3) is 0.250. The van der Waals surface area contributed by atoms with E-state index < -0.39 is 18.3 Å². The fourth-order valence-corrected chi connectivity index (χ4v) is 4.32. The van der Waals surface area contributed by atoms with Gasteiger partial charge in [-0.1, -0.05) is 84.9 Å². The smallest absolute Gasteiger partial charge is 0.407 e. The van der Waals surface area contributed by atoms with Crippen LogP contribution >= 0.6 is 0 Å². The maximum Gasteiger partial charge on any atom is 0.407 e. The van der Waals surface area contributed by atoms with Crippen LogP contribution < -0.4 is 5.32 Å². The summed E-state index contributed by atoms with van der Waals surface area (Å²) in [5.41, 5.74) is 7.20. The number of hydrogen-bond acceptors (Lipinski definition) is 4. The van der Waals surface area contributed by atoms with Crippen molar-refractivity contribution in [2.24, 2.45) is 0 Å². The van der Waals surface area contributed by atoms with Gasteiger partial charge in [-0.2, -0.15) is 0 Å². The van der Waals surface area contributed by atoms with Crippen LogP contribution in [0.2, 0.25) is 0 Å². The number of nitrogens with one attached hydrogen (secondary N) is 1. The first-order valence-corrected chi connectivity index (χ1v) is 11.2. The van der Waals surface area contributed by atoms with Crippen LogP contribution in [0, 0.1) is 0 Å². The van der Waals surface area contributed by atoms with Crippen LogP contribution in [-0.2, 0) is 4.74 Å². The summed E-state index contributed by atoms with van der Waals surface area (Å²) in [6, 6.07) is 23.6. The summed E-state index contributed by atoms with van der Waals surface area (Å²) in [5, 5.41) is 23.4. The lowest BCUT2D eigenvalue weighted by molar-refractivity contribution is 0.0136. The minimum atomic E-state index is -1.03. The highest BCUT2D eigenvalue weighted by Gasteiger charge is 2.29. The van der Waals surface area contributed by atoms with Crippen molar-refractivity contribution in [2.45, 2.75) is 31.5 Å². The average molecular weight is 444 g/mol. The molecule has 4 rings (SSSR count). The first-order chi connectivity index (χ1) is 16.0. The van der Waals surface area contributed by atoms with Crippen molar-refractivity contribution in [3.63, 3.8) is 0 Å². The number of ether oxygens (including phenoxy) is 1. The maximum absolute atomic E-state index is 12.3. The highest BCUT2D eigenvalue weighted by molar-refractivity contribution is 5.79. The lowest BCUT2D eigenvalue weighted by Crippen LogP contribution is -2.30. The highest BCUT2D eigenvalue weighted by Crippen LogP contribution is 2.44. The van der Waals surface area contributed by atoms with Crippen molar-refractivity contribution in [2.75, 3.05) is 13.2 Å². The minimum absolute atomic E-state index is 0.00210. The van der Waals surface area contributed by atoms with Crippen molar-refractivity contribution in [3.05, 3.63) is 102 Å². The predicted octanol–water partition coefficient (Wildman–Crippen LogP) is 5.04. The molecule has 33 heavy (non-hydrogen) atoms. The molecule has 3 aromatic rings. The van der Waals surface area contributed by atoms with Crippen molar-refractivity contribution in [1.82, 2.24) is 5.32 Å². The average Bonchev–Trinajstić information content (AvgIpc) is 3.16. The summed E-state index contributed by atoms with van der Waals surface area (Å²) in [4.78, 5) is 12.3. The number of allylic oxidation sites excluding steroid dienone is 1. The normalized spacial score (nSPS) is 14.2. The summed E-state index contributed by atoms with van der Waals surface area (Å²) in [5.74, 6) is -0.00210. The Hall–Kier alpha value is -3.41. The molecule has 1 aliphatic rings. The number of amides is 1. The van der Waals surface area contributed by atoms with E-state index in [0.29, 0.717) is 5.56 Å².